The molecule has 2 heterocycles. The van der Waals surface area contributed by atoms with Crippen LogP contribution in [0.25, 0.3) is 10.9 Å². The van der Waals surface area contributed by atoms with Crippen LogP contribution in [-0.4, -0.2) is 66.2 Å². The van der Waals surface area contributed by atoms with E-state index >= 15 is 0 Å². The second-order valence-corrected chi connectivity index (χ2v) is 6.30. The lowest BCUT2D eigenvalue weighted by Gasteiger charge is -2.34. The third-order valence-electron chi connectivity index (χ3n) is 4.37. The highest BCUT2D eigenvalue weighted by atomic mass is 16.5. The predicted molar refractivity (Wildman–Crippen MR) is 87.5 cm³/mol. The number of hydrogen-bond donors (Lipinski definition) is 3. The van der Waals surface area contributed by atoms with Gasteiger partial charge in [-0.2, -0.15) is 0 Å². The lowest BCUT2D eigenvalue weighted by molar-refractivity contribution is -0.125. The third-order valence-corrected chi connectivity index (χ3v) is 4.37. The molecule has 0 spiro atoms. The Bertz CT molecular complexity index is 657. The van der Waals surface area contributed by atoms with Gasteiger partial charge in [0.25, 0.3) is 0 Å². The van der Waals surface area contributed by atoms with E-state index in [1.54, 1.807) is 7.11 Å². The second-order valence-electron chi connectivity index (χ2n) is 6.30. The first-order valence-electron chi connectivity index (χ1n) is 7.85. The topological polar surface area (TPSA) is 78.0 Å². The lowest BCUT2D eigenvalue weighted by atomic mass is 9.96. The number of nitrogens with zero attached hydrogens (tertiary/aromatic N) is 1. The summed E-state index contributed by atoms with van der Waals surface area (Å²) in [5.41, 5.74) is 2.17. The van der Waals surface area contributed by atoms with Gasteiger partial charge in [-0.25, -0.2) is 0 Å². The van der Waals surface area contributed by atoms with Gasteiger partial charge in [-0.15, -0.1) is 0 Å². The molecule has 0 unspecified atom stereocenters. The molecule has 1 aromatic carbocycles. The maximum absolute atomic E-state index is 10.0. The van der Waals surface area contributed by atoms with Crippen molar-refractivity contribution >= 4 is 10.9 Å². The molecule has 3 atom stereocenters. The first kappa shape index (κ1) is 16.3. The number of aliphatic hydroxyl groups is 2. The fraction of sp³-hybridized carbons (Fsp3) is 0.529. The zero-order valence-electron chi connectivity index (χ0n) is 13.5. The number of nitrogens with one attached hydrogen (secondary N) is 1. The zero-order valence-corrected chi connectivity index (χ0v) is 13.5. The maximum Gasteiger partial charge on any atom is 0.119 e. The van der Waals surface area contributed by atoms with E-state index in [2.05, 4.69) is 16.0 Å². The summed E-state index contributed by atoms with van der Waals surface area (Å²) in [7, 11) is 3.66. The largest absolute Gasteiger partial charge is 0.497 e. The van der Waals surface area contributed by atoms with Gasteiger partial charge in [0.15, 0.2) is 0 Å². The van der Waals surface area contributed by atoms with Crippen LogP contribution in [0.1, 0.15) is 5.69 Å². The highest BCUT2D eigenvalue weighted by Crippen LogP contribution is 2.22. The van der Waals surface area contributed by atoms with Crippen molar-refractivity contribution in [1.82, 2.24) is 9.88 Å². The smallest absolute Gasteiger partial charge is 0.119 e. The van der Waals surface area contributed by atoms with Crippen LogP contribution in [0.4, 0.5) is 0 Å². The first-order valence-corrected chi connectivity index (χ1v) is 7.85. The van der Waals surface area contributed by atoms with Gasteiger partial charge in [0.2, 0.25) is 0 Å². The van der Waals surface area contributed by atoms with Crippen LogP contribution in [0.3, 0.4) is 0 Å². The molecule has 3 N–H and O–H groups in total. The van der Waals surface area contributed by atoms with Crippen LogP contribution >= 0.6 is 0 Å². The summed E-state index contributed by atoms with van der Waals surface area (Å²) >= 11 is 0. The van der Waals surface area contributed by atoms with Crippen LogP contribution in [0.2, 0.25) is 0 Å². The molecule has 0 saturated carbocycles. The summed E-state index contributed by atoms with van der Waals surface area (Å²) in [5, 5.41) is 20.8. The summed E-state index contributed by atoms with van der Waals surface area (Å²) in [6.45, 7) is 2.09. The Morgan fingerprint density at radius 2 is 2.13 bits per heavy atom. The quantitative estimate of drug-likeness (QED) is 0.765. The standard InChI is InChI=1S/C17H24N2O4/c1-19(7-12-9-23-10-16(20)17(12)21)8-13-5-11-6-14(22-2)3-4-15(11)18-13/h3-6,12,16-18,20-21H,7-10H2,1-2H3/t12-,16-,17+/m1/s1. The maximum atomic E-state index is 10.0. The van der Waals surface area contributed by atoms with E-state index in [1.807, 2.05) is 25.2 Å². The summed E-state index contributed by atoms with van der Waals surface area (Å²) in [6.07, 6.45) is -1.51. The number of hydrogen-bond acceptors (Lipinski definition) is 5. The van der Waals surface area contributed by atoms with E-state index in [1.165, 1.54) is 0 Å². The third kappa shape index (κ3) is 3.67. The van der Waals surface area contributed by atoms with Crippen molar-refractivity contribution in [3.05, 3.63) is 30.0 Å². The summed E-state index contributed by atoms with van der Waals surface area (Å²) < 4.78 is 10.6. The summed E-state index contributed by atoms with van der Waals surface area (Å²) in [4.78, 5) is 5.52. The number of aromatic amines is 1. The minimum absolute atomic E-state index is 0.0757. The molecule has 2 aromatic rings. The second kappa shape index (κ2) is 6.88. The Kier molecular flexibility index (Phi) is 4.87. The van der Waals surface area contributed by atoms with E-state index in [0.717, 1.165) is 28.9 Å². The van der Waals surface area contributed by atoms with Crippen molar-refractivity contribution in [1.29, 1.82) is 0 Å². The number of benzene rings is 1. The van der Waals surface area contributed by atoms with Gasteiger partial charge >= 0.3 is 0 Å². The Morgan fingerprint density at radius 1 is 1.30 bits per heavy atom. The molecule has 1 aliphatic rings. The molecule has 3 rings (SSSR count). The summed E-state index contributed by atoms with van der Waals surface area (Å²) in [6, 6.07) is 8.05. The molecule has 0 amide bonds. The van der Waals surface area contributed by atoms with Gasteiger partial charge < -0.3 is 29.6 Å². The van der Waals surface area contributed by atoms with Gasteiger partial charge in [0, 0.05) is 35.6 Å². The van der Waals surface area contributed by atoms with Crippen molar-refractivity contribution < 1.29 is 19.7 Å². The molecular weight excluding hydrogens is 296 g/mol. The Balaban J connectivity index is 1.64. The first-order chi connectivity index (χ1) is 11.1. The lowest BCUT2D eigenvalue weighted by Crippen LogP contribution is -2.47. The molecule has 0 bridgehead atoms. The van der Waals surface area contributed by atoms with Crippen molar-refractivity contribution in [2.75, 3.05) is 33.9 Å². The average molecular weight is 320 g/mol. The average Bonchev–Trinajstić information content (AvgIpc) is 2.92. The van der Waals surface area contributed by atoms with E-state index in [0.29, 0.717) is 13.2 Å². The molecule has 0 aliphatic carbocycles. The normalized spacial score (nSPS) is 25.2. The number of methoxy groups -OCH3 is 1. The SMILES string of the molecule is COc1ccc2[nH]c(CN(C)C[C@@H]3COC[C@@H](O)[C@H]3O)cc2c1. The Labute approximate surface area is 135 Å². The van der Waals surface area contributed by atoms with Crippen molar-refractivity contribution in [3.63, 3.8) is 0 Å². The number of aromatic nitrogens is 1. The molecule has 6 nitrogen and oxygen atoms in total. The van der Waals surface area contributed by atoms with Gasteiger partial charge in [0.1, 0.15) is 11.9 Å². The van der Waals surface area contributed by atoms with Gasteiger partial charge in [-0.05, 0) is 31.3 Å². The molecule has 1 aromatic heterocycles. The van der Waals surface area contributed by atoms with Crippen LogP contribution < -0.4 is 4.74 Å². The fourth-order valence-electron chi connectivity index (χ4n) is 3.15. The highest BCUT2D eigenvalue weighted by Gasteiger charge is 2.31. The van der Waals surface area contributed by atoms with Crippen molar-refractivity contribution in [3.8, 4) is 5.75 Å². The number of fused-ring (bicyclic) bond motifs is 1. The number of H-pyrrole nitrogens is 1. The van der Waals surface area contributed by atoms with E-state index in [4.69, 9.17) is 9.47 Å². The fourth-order valence-corrected chi connectivity index (χ4v) is 3.15. The predicted octanol–water partition coefficient (Wildman–Crippen LogP) is 0.976. The zero-order chi connectivity index (χ0) is 16.4. The van der Waals surface area contributed by atoms with Gasteiger partial charge in [-0.1, -0.05) is 0 Å². The van der Waals surface area contributed by atoms with Crippen LogP contribution in [0.5, 0.6) is 5.75 Å². The van der Waals surface area contributed by atoms with Gasteiger partial charge in [0.05, 0.1) is 26.4 Å². The van der Waals surface area contributed by atoms with E-state index in [9.17, 15) is 10.2 Å². The summed E-state index contributed by atoms with van der Waals surface area (Å²) in [5.74, 6) is 0.765. The minimum Gasteiger partial charge on any atom is -0.497 e. The number of aliphatic hydroxyl groups excluding tert-OH is 2. The van der Waals surface area contributed by atoms with E-state index in [-0.39, 0.29) is 12.5 Å². The molecule has 1 saturated heterocycles. The van der Waals surface area contributed by atoms with Gasteiger partial charge in [-0.3, -0.25) is 0 Å². The number of rotatable bonds is 5. The molecule has 1 aliphatic heterocycles. The molecular formula is C17H24N2O4. The molecule has 23 heavy (non-hydrogen) atoms. The molecule has 6 heteroatoms. The van der Waals surface area contributed by atoms with Crippen molar-refractivity contribution in [2.45, 2.75) is 18.8 Å². The van der Waals surface area contributed by atoms with E-state index < -0.39 is 12.2 Å². The Morgan fingerprint density at radius 3 is 2.91 bits per heavy atom. The minimum atomic E-state index is -0.789. The van der Waals surface area contributed by atoms with Crippen LogP contribution in [-0.2, 0) is 11.3 Å². The molecule has 0 radical (unpaired) electrons. The molecule has 126 valence electrons. The Hall–Kier alpha value is -1.60. The highest BCUT2D eigenvalue weighted by molar-refractivity contribution is 5.81. The molecule has 1 fully saturated rings. The van der Waals surface area contributed by atoms with Crippen molar-refractivity contribution in [2.24, 2.45) is 5.92 Å². The monoisotopic (exact) mass is 320 g/mol. The van der Waals surface area contributed by atoms with Crippen LogP contribution in [0, 0.1) is 5.92 Å². The van der Waals surface area contributed by atoms with Crippen LogP contribution in [0.15, 0.2) is 24.3 Å². The number of ether oxygens (including phenoxy) is 2.